The number of nitrogens with zero attached hydrogens (tertiary/aromatic N) is 1. The van der Waals surface area contributed by atoms with Crippen LogP contribution in [0.4, 0.5) is 11.5 Å². The minimum Gasteiger partial charge on any atom is -0.398 e. The van der Waals surface area contributed by atoms with Gasteiger partial charge in [-0.05, 0) is 42.7 Å². The fraction of sp³-hybridized carbons (Fsp3) is 0.214. The van der Waals surface area contributed by atoms with Crippen LogP contribution in [0, 0.1) is 6.92 Å². The Bertz CT molecular complexity index is 710. The Morgan fingerprint density at radius 3 is 2.55 bits per heavy atom. The fourth-order valence-electron chi connectivity index (χ4n) is 1.79. The van der Waals surface area contributed by atoms with Crippen molar-refractivity contribution in [2.75, 3.05) is 10.5 Å². The molecule has 0 aliphatic heterocycles. The number of benzene rings is 1. The summed E-state index contributed by atoms with van der Waals surface area (Å²) in [5.74, 6) is 0.286. The molecule has 1 heterocycles. The van der Waals surface area contributed by atoms with Gasteiger partial charge in [0.05, 0.1) is 4.90 Å². The number of nitrogens with two attached hydrogens (primary N) is 1. The molecule has 0 radical (unpaired) electrons. The maximum Gasteiger partial charge on any atom is 0.263 e. The van der Waals surface area contributed by atoms with Gasteiger partial charge in [-0.3, -0.25) is 4.72 Å². The molecular formula is C14H17N3O2S. The van der Waals surface area contributed by atoms with Gasteiger partial charge >= 0.3 is 0 Å². The smallest absolute Gasteiger partial charge is 0.263 e. The van der Waals surface area contributed by atoms with E-state index in [-0.39, 0.29) is 10.7 Å². The highest BCUT2D eigenvalue weighted by Gasteiger charge is 2.15. The van der Waals surface area contributed by atoms with E-state index >= 15 is 0 Å². The van der Waals surface area contributed by atoms with Crippen LogP contribution in [-0.2, 0) is 16.4 Å². The molecule has 0 saturated carbocycles. The standard InChI is InChI=1S/C14H17N3O2S/c1-3-11-5-6-12(8-13(11)15)20(18,19)17-14-7-4-10(2)9-16-14/h4-9H,3,15H2,1-2H3,(H,16,17). The van der Waals surface area contributed by atoms with Gasteiger partial charge in [0.2, 0.25) is 0 Å². The number of sulfonamides is 1. The third-order valence-electron chi connectivity index (χ3n) is 2.96. The third kappa shape index (κ3) is 3.08. The molecule has 0 fully saturated rings. The first-order chi connectivity index (χ1) is 9.42. The number of nitrogen functional groups attached to an aromatic ring is 1. The van der Waals surface area contributed by atoms with Crippen molar-refractivity contribution < 1.29 is 8.42 Å². The first-order valence-electron chi connectivity index (χ1n) is 6.26. The highest BCUT2D eigenvalue weighted by atomic mass is 32.2. The van der Waals surface area contributed by atoms with Crippen molar-refractivity contribution in [2.45, 2.75) is 25.2 Å². The van der Waals surface area contributed by atoms with Gasteiger partial charge in [-0.2, -0.15) is 0 Å². The predicted octanol–water partition coefficient (Wildman–Crippen LogP) is 2.34. The summed E-state index contributed by atoms with van der Waals surface area (Å²) in [6.07, 6.45) is 2.37. The number of pyridine rings is 1. The molecule has 6 heteroatoms. The van der Waals surface area contributed by atoms with E-state index < -0.39 is 10.0 Å². The van der Waals surface area contributed by atoms with Gasteiger partial charge in [0.25, 0.3) is 10.0 Å². The molecule has 1 aromatic carbocycles. The molecule has 0 spiro atoms. The van der Waals surface area contributed by atoms with Crippen LogP contribution in [0.25, 0.3) is 0 Å². The number of hydrogen-bond acceptors (Lipinski definition) is 4. The van der Waals surface area contributed by atoms with Gasteiger partial charge in [-0.15, -0.1) is 0 Å². The second-order valence-electron chi connectivity index (χ2n) is 4.54. The number of hydrogen-bond donors (Lipinski definition) is 2. The molecule has 0 atom stereocenters. The number of nitrogens with one attached hydrogen (secondary N) is 1. The molecule has 20 heavy (non-hydrogen) atoms. The number of aryl methyl sites for hydroxylation is 2. The Labute approximate surface area is 118 Å². The van der Waals surface area contributed by atoms with Gasteiger partial charge in [0.1, 0.15) is 5.82 Å². The first kappa shape index (κ1) is 14.3. The fourth-order valence-corrected chi connectivity index (χ4v) is 2.83. The van der Waals surface area contributed by atoms with E-state index in [1.807, 2.05) is 13.8 Å². The van der Waals surface area contributed by atoms with Gasteiger partial charge in [0, 0.05) is 11.9 Å². The molecule has 2 aromatic rings. The van der Waals surface area contributed by atoms with E-state index in [9.17, 15) is 8.42 Å². The van der Waals surface area contributed by atoms with Gasteiger partial charge < -0.3 is 5.73 Å². The molecular weight excluding hydrogens is 274 g/mol. The first-order valence-corrected chi connectivity index (χ1v) is 7.74. The minimum absolute atomic E-state index is 0.134. The summed E-state index contributed by atoms with van der Waals surface area (Å²) in [6, 6.07) is 8.16. The largest absolute Gasteiger partial charge is 0.398 e. The van der Waals surface area contributed by atoms with Crippen LogP contribution in [-0.4, -0.2) is 13.4 Å². The van der Waals surface area contributed by atoms with Crippen molar-refractivity contribution in [1.82, 2.24) is 4.98 Å². The van der Waals surface area contributed by atoms with Crippen LogP contribution in [0.1, 0.15) is 18.1 Å². The van der Waals surface area contributed by atoms with Crippen molar-refractivity contribution in [3.63, 3.8) is 0 Å². The minimum atomic E-state index is -3.67. The number of aromatic nitrogens is 1. The molecule has 0 aliphatic rings. The Balaban J connectivity index is 2.30. The molecule has 2 rings (SSSR count). The van der Waals surface area contributed by atoms with Crippen molar-refractivity contribution in [1.29, 1.82) is 0 Å². The van der Waals surface area contributed by atoms with E-state index in [2.05, 4.69) is 9.71 Å². The van der Waals surface area contributed by atoms with Gasteiger partial charge in [-0.1, -0.05) is 19.1 Å². The lowest BCUT2D eigenvalue weighted by atomic mass is 10.1. The average Bonchev–Trinajstić information content (AvgIpc) is 2.41. The second-order valence-corrected chi connectivity index (χ2v) is 6.22. The third-order valence-corrected chi connectivity index (χ3v) is 4.31. The zero-order valence-corrected chi connectivity index (χ0v) is 12.2. The number of rotatable bonds is 4. The van der Waals surface area contributed by atoms with E-state index in [1.165, 1.54) is 6.07 Å². The topological polar surface area (TPSA) is 85.1 Å². The summed E-state index contributed by atoms with van der Waals surface area (Å²) in [5.41, 5.74) is 8.20. The molecule has 0 aliphatic carbocycles. The molecule has 0 bridgehead atoms. The highest BCUT2D eigenvalue weighted by Crippen LogP contribution is 2.20. The van der Waals surface area contributed by atoms with Crippen molar-refractivity contribution in [2.24, 2.45) is 0 Å². The van der Waals surface area contributed by atoms with E-state index in [1.54, 1.807) is 30.5 Å². The lowest BCUT2D eigenvalue weighted by Gasteiger charge is -2.09. The lowest BCUT2D eigenvalue weighted by molar-refractivity contribution is 0.601. The highest BCUT2D eigenvalue weighted by molar-refractivity contribution is 7.92. The van der Waals surface area contributed by atoms with Crippen LogP contribution in [0.5, 0.6) is 0 Å². The summed E-state index contributed by atoms with van der Waals surface area (Å²) in [7, 11) is -3.67. The average molecular weight is 291 g/mol. The normalized spacial score (nSPS) is 11.3. The van der Waals surface area contributed by atoms with Crippen LogP contribution < -0.4 is 10.5 Å². The Kier molecular flexibility index (Phi) is 3.94. The monoisotopic (exact) mass is 291 g/mol. The molecule has 0 unspecified atom stereocenters. The Morgan fingerprint density at radius 2 is 2.00 bits per heavy atom. The lowest BCUT2D eigenvalue weighted by Crippen LogP contribution is -2.14. The van der Waals surface area contributed by atoms with Crippen LogP contribution >= 0.6 is 0 Å². The Hall–Kier alpha value is -2.08. The van der Waals surface area contributed by atoms with Crippen molar-refractivity contribution >= 4 is 21.5 Å². The second kappa shape index (κ2) is 5.50. The Morgan fingerprint density at radius 1 is 1.25 bits per heavy atom. The summed E-state index contributed by atoms with van der Waals surface area (Å²) in [6.45, 7) is 3.85. The van der Waals surface area contributed by atoms with E-state index in [0.29, 0.717) is 5.69 Å². The van der Waals surface area contributed by atoms with E-state index in [4.69, 9.17) is 5.73 Å². The van der Waals surface area contributed by atoms with Crippen molar-refractivity contribution in [3.05, 3.63) is 47.7 Å². The molecule has 106 valence electrons. The van der Waals surface area contributed by atoms with Gasteiger partial charge in [-0.25, -0.2) is 13.4 Å². The van der Waals surface area contributed by atoms with Gasteiger partial charge in [0.15, 0.2) is 0 Å². The van der Waals surface area contributed by atoms with Crippen LogP contribution in [0.3, 0.4) is 0 Å². The number of anilines is 2. The SMILES string of the molecule is CCc1ccc(S(=O)(=O)Nc2ccc(C)cn2)cc1N. The maximum atomic E-state index is 12.2. The molecule has 0 amide bonds. The summed E-state index contributed by atoms with van der Waals surface area (Å²) in [5, 5.41) is 0. The van der Waals surface area contributed by atoms with E-state index in [0.717, 1.165) is 17.5 Å². The summed E-state index contributed by atoms with van der Waals surface area (Å²) in [4.78, 5) is 4.16. The molecule has 5 nitrogen and oxygen atoms in total. The zero-order valence-electron chi connectivity index (χ0n) is 11.4. The maximum absolute atomic E-state index is 12.2. The summed E-state index contributed by atoms with van der Waals surface area (Å²) >= 11 is 0. The van der Waals surface area contributed by atoms with Crippen LogP contribution in [0.15, 0.2) is 41.4 Å². The summed E-state index contributed by atoms with van der Waals surface area (Å²) < 4.78 is 26.9. The zero-order chi connectivity index (χ0) is 14.8. The molecule has 0 saturated heterocycles. The predicted molar refractivity (Wildman–Crippen MR) is 80.0 cm³/mol. The quantitative estimate of drug-likeness (QED) is 0.847. The van der Waals surface area contributed by atoms with Crippen LogP contribution in [0.2, 0.25) is 0 Å². The molecule has 3 N–H and O–H groups in total. The molecule has 1 aromatic heterocycles. The van der Waals surface area contributed by atoms with Crippen molar-refractivity contribution in [3.8, 4) is 0 Å².